The molecule has 3 aromatic rings. The zero-order valence-electron chi connectivity index (χ0n) is 25.5. The number of rotatable bonds is 7. The summed E-state index contributed by atoms with van der Waals surface area (Å²) in [6.45, 7) is 8.09. The number of amides is 3. The lowest BCUT2D eigenvalue weighted by Crippen LogP contribution is -2.44. The molecule has 1 saturated heterocycles. The van der Waals surface area contributed by atoms with Crippen LogP contribution in [0.5, 0.6) is 6.01 Å². The van der Waals surface area contributed by atoms with Crippen molar-refractivity contribution in [2.45, 2.75) is 58.4 Å². The first-order valence-corrected chi connectivity index (χ1v) is 14.2. The van der Waals surface area contributed by atoms with Crippen LogP contribution >= 0.6 is 0 Å². The maximum absolute atomic E-state index is 13.2. The second-order valence-electron chi connectivity index (χ2n) is 11.5. The van der Waals surface area contributed by atoms with Crippen LogP contribution in [0.25, 0.3) is 0 Å². The fourth-order valence-electron chi connectivity index (χ4n) is 4.48. The first-order valence-electron chi connectivity index (χ1n) is 14.2. The highest BCUT2D eigenvalue weighted by Gasteiger charge is 2.31. The first-order chi connectivity index (χ1) is 21.1. The molecule has 2 aromatic carbocycles. The van der Waals surface area contributed by atoms with Crippen molar-refractivity contribution in [3.8, 4) is 6.01 Å². The van der Waals surface area contributed by atoms with Gasteiger partial charge in [-0.1, -0.05) is 12.1 Å². The molecule has 45 heavy (non-hydrogen) atoms. The number of anilines is 3. The summed E-state index contributed by atoms with van der Waals surface area (Å²) in [4.78, 5) is 48.4. The summed E-state index contributed by atoms with van der Waals surface area (Å²) in [5.74, 6) is -1.06. The van der Waals surface area contributed by atoms with E-state index in [4.69, 9.17) is 9.47 Å². The summed E-state index contributed by atoms with van der Waals surface area (Å²) in [5, 5.41) is 8.20. The van der Waals surface area contributed by atoms with Crippen molar-refractivity contribution < 1.29 is 37.0 Å². The summed E-state index contributed by atoms with van der Waals surface area (Å²) in [7, 11) is 1.59. The molecular weight excluding hydrogens is 593 g/mol. The summed E-state index contributed by atoms with van der Waals surface area (Å²) in [6, 6.07) is 8.89. The van der Waals surface area contributed by atoms with Crippen LogP contribution in [0.3, 0.4) is 0 Å². The molecule has 0 radical (unpaired) electrons. The van der Waals surface area contributed by atoms with Gasteiger partial charge in [0.05, 0.1) is 5.56 Å². The Labute approximate surface area is 258 Å². The lowest BCUT2D eigenvalue weighted by molar-refractivity contribution is -0.137. The first kappa shape index (κ1) is 33.0. The maximum Gasteiger partial charge on any atom is 0.416 e. The van der Waals surface area contributed by atoms with E-state index in [0.717, 1.165) is 18.2 Å². The summed E-state index contributed by atoms with van der Waals surface area (Å²) >= 11 is 0. The van der Waals surface area contributed by atoms with Gasteiger partial charge in [-0.05, 0) is 63.6 Å². The standard InChI is InChI=1S/C31H35F3N6O5/c1-18-9-10-21(37-26(41)19-7-6-8-20(15-19)31(32,33)34)16-24(18)38-27(42)23-17-36-28(39-25(23)35-5)44-22-11-13-40(14-12-22)29(43)45-30(2,3)4/h6-10,15-17,22H,11-14H2,1-5H3,(H,37,41)(H,38,42)(H,35,36,39). The van der Waals surface area contributed by atoms with Gasteiger partial charge in [-0.15, -0.1) is 0 Å². The Kier molecular flexibility index (Phi) is 9.84. The van der Waals surface area contributed by atoms with Gasteiger partial charge in [-0.25, -0.2) is 9.78 Å². The highest BCUT2D eigenvalue weighted by Crippen LogP contribution is 2.30. The molecule has 1 aliphatic rings. The molecule has 11 nitrogen and oxygen atoms in total. The number of hydrogen-bond acceptors (Lipinski definition) is 8. The van der Waals surface area contributed by atoms with E-state index in [0.29, 0.717) is 37.2 Å². The number of carbonyl (C=O) groups excluding carboxylic acids is 3. The molecule has 4 rings (SSSR count). The molecule has 14 heteroatoms. The second kappa shape index (κ2) is 13.4. The minimum atomic E-state index is -4.58. The van der Waals surface area contributed by atoms with Crippen LogP contribution in [-0.4, -0.2) is 64.6 Å². The number of alkyl halides is 3. The Bertz CT molecular complexity index is 1570. The average molecular weight is 629 g/mol. The molecule has 0 unspecified atom stereocenters. The minimum absolute atomic E-state index is 0.0714. The van der Waals surface area contributed by atoms with Gasteiger partial charge in [0.15, 0.2) is 0 Å². The number of carbonyl (C=O) groups is 3. The van der Waals surface area contributed by atoms with E-state index < -0.39 is 29.2 Å². The van der Waals surface area contributed by atoms with Crippen LogP contribution in [0.15, 0.2) is 48.7 Å². The second-order valence-corrected chi connectivity index (χ2v) is 11.5. The van der Waals surface area contributed by atoms with E-state index >= 15 is 0 Å². The fourth-order valence-corrected chi connectivity index (χ4v) is 4.48. The van der Waals surface area contributed by atoms with Gasteiger partial charge in [0.25, 0.3) is 11.8 Å². The van der Waals surface area contributed by atoms with Crippen LogP contribution in [0, 0.1) is 6.92 Å². The number of hydrogen-bond donors (Lipinski definition) is 3. The van der Waals surface area contributed by atoms with Crippen molar-refractivity contribution in [2.24, 2.45) is 0 Å². The minimum Gasteiger partial charge on any atom is -0.460 e. The Hall–Kier alpha value is -4.88. The van der Waals surface area contributed by atoms with E-state index in [1.165, 1.54) is 18.3 Å². The Morgan fingerprint density at radius 1 is 0.978 bits per heavy atom. The number of aromatic nitrogens is 2. The summed E-state index contributed by atoms with van der Waals surface area (Å²) in [5.41, 5.74) is -0.251. The highest BCUT2D eigenvalue weighted by molar-refractivity contribution is 6.08. The topological polar surface area (TPSA) is 135 Å². The number of nitrogens with zero attached hydrogens (tertiary/aromatic N) is 3. The third-order valence-electron chi connectivity index (χ3n) is 6.81. The molecule has 3 amide bonds. The third-order valence-corrected chi connectivity index (χ3v) is 6.81. The Morgan fingerprint density at radius 3 is 2.33 bits per heavy atom. The lowest BCUT2D eigenvalue weighted by atomic mass is 10.1. The van der Waals surface area contributed by atoms with E-state index in [1.54, 1.807) is 31.0 Å². The zero-order valence-corrected chi connectivity index (χ0v) is 25.5. The molecule has 0 saturated carbocycles. The van der Waals surface area contributed by atoms with Gasteiger partial charge in [0.2, 0.25) is 0 Å². The van der Waals surface area contributed by atoms with Gasteiger partial charge in [-0.2, -0.15) is 18.2 Å². The molecule has 0 aliphatic carbocycles. The molecule has 3 N–H and O–H groups in total. The number of benzene rings is 2. The van der Waals surface area contributed by atoms with Gasteiger partial charge in [0, 0.05) is 56.1 Å². The lowest BCUT2D eigenvalue weighted by Gasteiger charge is -2.33. The van der Waals surface area contributed by atoms with Crippen LogP contribution in [0.1, 0.15) is 65.5 Å². The van der Waals surface area contributed by atoms with Crippen molar-refractivity contribution in [2.75, 3.05) is 36.1 Å². The molecule has 1 aromatic heterocycles. The predicted molar refractivity (Wildman–Crippen MR) is 162 cm³/mol. The Morgan fingerprint density at radius 2 is 1.69 bits per heavy atom. The molecule has 1 fully saturated rings. The number of halogens is 3. The van der Waals surface area contributed by atoms with E-state index in [-0.39, 0.29) is 40.8 Å². The van der Waals surface area contributed by atoms with Crippen molar-refractivity contribution >= 4 is 35.1 Å². The van der Waals surface area contributed by atoms with Crippen LogP contribution in [0.2, 0.25) is 0 Å². The van der Waals surface area contributed by atoms with Crippen LogP contribution < -0.4 is 20.7 Å². The molecule has 0 spiro atoms. The number of likely N-dealkylation sites (tertiary alicyclic amines) is 1. The molecular formula is C31H35F3N6O5. The maximum atomic E-state index is 13.2. The van der Waals surface area contributed by atoms with E-state index in [9.17, 15) is 27.6 Å². The van der Waals surface area contributed by atoms with Gasteiger partial charge >= 0.3 is 18.3 Å². The SMILES string of the molecule is CNc1nc(OC2CCN(C(=O)OC(C)(C)C)CC2)ncc1C(=O)Nc1cc(NC(=O)c2cccc(C(F)(F)F)c2)ccc1C. The smallest absolute Gasteiger partial charge is 0.416 e. The van der Waals surface area contributed by atoms with Gasteiger partial charge in [0.1, 0.15) is 23.1 Å². The fraction of sp³-hybridized carbons (Fsp3) is 0.387. The average Bonchev–Trinajstić information content (AvgIpc) is 2.97. The predicted octanol–water partition coefficient (Wildman–Crippen LogP) is 6.13. The summed E-state index contributed by atoms with van der Waals surface area (Å²) < 4.78 is 50.6. The largest absolute Gasteiger partial charge is 0.460 e. The van der Waals surface area contributed by atoms with Crippen LogP contribution in [0.4, 0.5) is 35.2 Å². The highest BCUT2D eigenvalue weighted by atomic mass is 19.4. The number of aryl methyl sites for hydroxylation is 1. The normalized spacial score (nSPS) is 14.0. The molecule has 1 aliphatic heterocycles. The summed E-state index contributed by atoms with van der Waals surface area (Å²) in [6.07, 6.45) is -2.75. The molecule has 2 heterocycles. The zero-order chi connectivity index (χ0) is 32.9. The molecule has 240 valence electrons. The van der Waals surface area contributed by atoms with Gasteiger partial charge in [-0.3, -0.25) is 9.59 Å². The van der Waals surface area contributed by atoms with Crippen molar-refractivity contribution in [1.29, 1.82) is 0 Å². The van der Waals surface area contributed by atoms with Crippen LogP contribution in [-0.2, 0) is 10.9 Å². The number of nitrogens with one attached hydrogen (secondary N) is 3. The van der Waals surface area contributed by atoms with Gasteiger partial charge < -0.3 is 30.3 Å². The van der Waals surface area contributed by atoms with Crippen molar-refractivity contribution in [3.05, 3.63) is 70.9 Å². The Balaban J connectivity index is 1.39. The monoisotopic (exact) mass is 628 g/mol. The van der Waals surface area contributed by atoms with E-state index in [2.05, 4.69) is 25.9 Å². The number of ether oxygens (including phenoxy) is 2. The third kappa shape index (κ3) is 8.83. The quantitative estimate of drug-likeness (QED) is 0.285. The number of piperidine rings is 1. The van der Waals surface area contributed by atoms with Crippen molar-refractivity contribution in [3.63, 3.8) is 0 Å². The molecule has 0 bridgehead atoms. The van der Waals surface area contributed by atoms with Crippen molar-refractivity contribution in [1.82, 2.24) is 14.9 Å². The molecule has 0 atom stereocenters. The van der Waals surface area contributed by atoms with E-state index in [1.807, 2.05) is 20.8 Å².